The molecular formula is C17H21ClN2O2S. The minimum atomic E-state index is 0.134. The number of halogens is 1. The van der Waals surface area contributed by atoms with E-state index in [1.807, 2.05) is 11.9 Å². The molecule has 6 heteroatoms. The molecule has 2 aromatic rings. The van der Waals surface area contributed by atoms with Crippen molar-refractivity contribution in [3.8, 4) is 0 Å². The molecule has 0 spiro atoms. The van der Waals surface area contributed by atoms with E-state index >= 15 is 0 Å². The molecule has 1 heterocycles. The lowest BCUT2D eigenvalue weighted by Crippen LogP contribution is -2.40. The summed E-state index contributed by atoms with van der Waals surface area (Å²) in [7, 11) is 1.91. The van der Waals surface area contributed by atoms with Gasteiger partial charge < -0.3 is 9.32 Å². The highest BCUT2D eigenvalue weighted by Crippen LogP contribution is 2.28. The van der Waals surface area contributed by atoms with Crippen molar-refractivity contribution in [3.05, 3.63) is 23.2 Å². The molecule has 1 aromatic carbocycles. The number of oxazole rings is 1. The Kier molecular flexibility index (Phi) is 5.17. The van der Waals surface area contributed by atoms with Crippen molar-refractivity contribution in [1.82, 2.24) is 9.88 Å². The summed E-state index contributed by atoms with van der Waals surface area (Å²) in [4.78, 5) is 18.7. The van der Waals surface area contributed by atoms with Gasteiger partial charge in [0.05, 0.1) is 5.75 Å². The highest BCUT2D eigenvalue weighted by molar-refractivity contribution is 7.99. The second-order valence-corrected chi connectivity index (χ2v) is 7.66. The Hall–Kier alpha value is -1.20. The number of benzene rings is 1. The SMILES string of the molecule is CC1CCC(N(C)C(=O)CSc2nc3cc(Cl)ccc3o2)CC1. The van der Waals surface area contributed by atoms with Gasteiger partial charge in [0.15, 0.2) is 5.58 Å². The summed E-state index contributed by atoms with van der Waals surface area (Å²) in [5.74, 6) is 1.27. The summed E-state index contributed by atoms with van der Waals surface area (Å²) < 4.78 is 5.64. The number of carbonyl (C=O) groups excluding carboxylic acids is 1. The highest BCUT2D eigenvalue weighted by Gasteiger charge is 2.25. The van der Waals surface area contributed by atoms with Gasteiger partial charge in [0, 0.05) is 18.1 Å². The van der Waals surface area contributed by atoms with Crippen LogP contribution in [0.25, 0.3) is 11.1 Å². The molecule has 0 radical (unpaired) electrons. The van der Waals surface area contributed by atoms with Gasteiger partial charge in [-0.1, -0.05) is 30.3 Å². The average molecular weight is 353 g/mol. The van der Waals surface area contributed by atoms with Gasteiger partial charge in [-0.25, -0.2) is 4.98 Å². The molecule has 0 unspecified atom stereocenters. The Balaban J connectivity index is 1.57. The fourth-order valence-electron chi connectivity index (χ4n) is 3.00. The van der Waals surface area contributed by atoms with Gasteiger partial charge in [0.25, 0.3) is 5.22 Å². The molecule has 0 saturated heterocycles. The Morgan fingerprint density at radius 1 is 1.39 bits per heavy atom. The van der Waals surface area contributed by atoms with Crippen molar-refractivity contribution in [1.29, 1.82) is 0 Å². The molecule has 1 fully saturated rings. The van der Waals surface area contributed by atoms with Crippen LogP contribution in [-0.4, -0.2) is 34.6 Å². The first-order chi connectivity index (χ1) is 11.0. The van der Waals surface area contributed by atoms with Gasteiger partial charge in [-0.3, -0.25) is 4.79 Å². The third kappa shape index (κ3) is 4.01. The minimum absolute atomic E-state index is 0.134. The van der Waals surface area contributed by atoms with Crippen molar-refractivity contribution in [3.63, 3.8) is 0 Å². The van der Waals surface area contributed by atoms with Crippen molar-refractivity contribution < 1.29 is 9.21 Å². The van der Waals surface area contributed by atoms with Gasteiger partial charge >= 0.3 is 0 Å². The van der Waals surface area contributed by atoms with Crippen molar-refractivity contribution >= 4 is 40.4 Å². The van der Waals surface area contributed by atoms with E-state index in [0.717, 1.165) is 24.3 Å². The predicted molar refractivity (Wildman–Crippen MR) is 93.9 cm³/mol. The number of hydrogen-bond acceptors (Lipinski definition) is 4. The molecule has 0 N–H and O–H groups in total. The zero-order chi connectivity index (χ0) is 16.4. The van der Waals surface area contributed by atoms with Crippen molar-refractivity contribution in [2.24, 2.45) is 5.92 Å². The number of hydrogen-bond donors (Lipinski definition) is 0. The Morgan fingerprint density at radius 2 is 2.13 bits per heavy atom. The van der Waals surface area contributed by atoms with Crippen LogP contribution in [0.3, 0.4) is 0 Å². The van der Waals surface area contributed by atoms with Crippen LogP contribution in [0, 0.1) is 5.92 Å². The zero-order valence-electron chi connectivity index (χ0n) is 13.4. The Bertz CT molecular complexity index is 695. The van der Waals surface area contributed by atoms with E-state index < -0.39 is 0 Å². The van der Waals surface area contributed by atoms with Crippen molar-refractivity contribution in [2.45, 2.75) is 43.9 Å². The van der Waals surface area contributed by atoms with E-state index in [1.54, 1.807) is 18.2 Å². The molecule has 1 aromatic heterocycles. The maximum atomic E-state index is 12.4. The van der Waals surface area contributed by atoms with E-state index in [0.29, 0.717) is 27.6 Å². The van der Waals surface area contributed by atoms with Gasteiger partial charge in [0.2, 0.25) is 5.91 Å². The maximum absolute atomic E-state index is 12.4. The number of amides is 1. The van der Waals surface area contributed by atoms with Crippen LogP contribution >= 0.6 is 23.4 Å². The van der Waals surface area contributed by atoms with E-state index in [-0.39, 0.29) is 5.91 Å². The smallest absolute Gasteiger partial charge is 0.257 e. The Morgan fingerprint density at radius 3 is 2.87 bits per heavy atom. The van der Waals surface area contributed by atoms with Crippen LogP contribution in [0.5, 0.6) is 0 Å². The van der Waals surface area contributed by atoms with Crippen LogP contribution in [0.15, 0.2) is 27.8 Å². The number of nitrogens with zero attached hydrogens (tertiary/aromatic N) is 2. The normalized spacial score (nSPS) is 21.5. The van der Waals surface area contributed by atoms with Crippen LogP contribution < -0.4 is 0 Å². The van der Waals surface area contributed by atoms with Gasteiger partial charge in [0.1, 0.15) is 5.52 Å². The number of thioether (sulfide) groups is 1. The minimum Gasteiger partial charge on any atom is -0.431 e. The molecule has 0 aliphatic heterocycles. The first kappa shape index (κ1) is 16.7. The topological polar surface area (TPSA) is 46.3 Å². The average Bonchev–Trinajstić information content (AvgIpc) is 2.94. The van der Waals surface area contributed by atoms with Gasteiger partial charge in [-0.2, -0.15) is 0 Å². The molecule has 1 amide bonds. The maximum Gasteiger partial charge on any atom is 0.257 e. The second-order valence-electron chi connectivity index (χ2n) is 6.30. The lowest BCUT2D eigenvalue weighted by Gasteiger charge is -2.33. The molecule has 3 rings (SSSR count). The summed E-state index contributed by atoms with van der Waals surface area (Å²) in [5.41, 5.74) is 1.42. The van der Waals surface area contributed by atoms with Crippen LogP contribution in [0.2, 0.25) is 5.02 Å². The third-order valence-electron chi connectivity index (χ3n) is 4.58. The number of fused-ring (bicyclic) bond motifs is 1. The van der Waals surface area contributed by atoms with Gasteiger partial charge in [-0.05, 0) is 49.8 Å². The predicted octanol–water partition coefficient (Wildman–Crippen LogP) is 4.61. The first-order valence-corrected chi connectivity index (χ1v) is 9.34. The lowest BCUT2D eigenvalue weighted by molar-refractivity contribution is -0.129. The summed E-state index contributed by atoms with van der Waals surface area (Å²) in [6, 6.07) is 5.71. The lowest BCUT2D eigenvalue weighted by atomic mass is 9.87. The summed E-state index contributed by atoms with van der Waals surface area (Å²) in [5, 5.41) is 1.14. The van der Waals surface area contributed by atoms with Crippen LogP contribution in [0.1, 0.15) is 32.6 Å². The molecular weight excluding hydrogens is 332 g/mol. The van der Waals surface area contributed by atoms with E-state index in [4.69, 9.17) is 16.0 Å². The fourth-order valence-corrected chi connectivity index (χ4v) is 3.93. The second kappa shape index (κ2) is 7.14. The van der Waals surface area contributed by atoms with E-state index in [1.165, 1.54) is 24.6 Å². The molecule has 0 bridgehead atoms. The third-order valence-corrected chi connectivity index (χ3v) is 5.62. The monoisotopic (exact) mass is 352 g/mol. The van der Waals surface area contributed by atoms with Crippen LogP contribution in [0.4, 0.5) is 0 Å². The molecule has 1 aliphatic rings. The molecule has 1 saturated carbocycles. The number of aromatic nitrogens is 1. The Labute approximate surface area is 145 Å². The zero-order valence-corrected chi connectivity index (χ0v) is 15.0. The fraction of sp³-hybridized carbons (Fsp3) is 0.529. The molecule has 0 atom stereocenters. The van der Waals surface area contributed by atoms with E-state index in [9.17, 15) is 4.79 Å². The highest BCUT2D eigenvalue weighted by atomic mass is 35.5. The van der Waals surface area contributed by atoms with E-state index in [2.05, 4.69) is 11.9 Å². The molecule has 1 aliphatic carbocycles. The number of rotatable bonds is 4. The molecule has 124 valence electrons. The summed E-state index contributed by atoms with van der Waals surface area (Å²) in [6.07, 6.45) is 4.63. The first-order valence-electron chi connectivity index (χ1n) is 7.97. The van der Waals surface area contributed by atoms with Crippen molar-refractivity contribution in [2.75, 3.05) is 12.8 Å². The standard InChI is InChI=1S/C17H21ClN2O2S/c1-11-3-6-13(7-4-11)20(2)16(21)10-23-17-19-14-9-12(18)5-8-15(14)22-17/h5,8-9,11,13H,3-4,6-7,10H2,1-2H3. The summed E-state index contributed by atoms with van der Waals surface area (Å²) in [6.45, 7) is 2.29. The quantitative estimate of drug-likeness (QED) is 0.754. The summed E-state index contributed by atoms with van der Waals surface area (Å²) >= 11 is 7.28. The van der Waals surface area contributed by atoms with Crippen LogP contribution in [-0.2, 0) is 4.79 Å². The number of carbonyl (C=O) groups is 1. The van der Waals surface area contributed by atoms with Gasteiger partial charge in [-0.15, -0.1) is 0 Å². The molecule has 23 heavy (non-hydrogen) atoms. The largest absolute Gasteiger partial charge is 0.431 e. The molecule has 4 nitrogen and oxygen atoms in total.